The number of nitrogens with zero attached hydrogens (tertiary/aromatic N) is 1. The van der Waals surface area contributed by atoms with Crippen molar-refractivity contribution >= 4 is 5.97 Å². The normalized spacial score (nSPS) is 19.9. The van der Waals surface area contributed by atoms with Crippen LogP contribution in [0.3, 0.4) is 0 Å². The molecule has 5 nitrogen and oxygen atoms in total. The Morgan fingerprint density at radius 1 is 1.30 bits per heavy atom. The zero-order valence-corrected chi connectivity index (χ0v) is 13.1. The van der Waals surface area contributed by atoms with Gasteiger partial charge in [-0.15, -0.1) is 0 Å². The van der Waals surface area contributed by atoms with Crippen LogP contribution in [0.5, 0.6) is 0 Å². The van der Waals surface area contributed by atoms with Crippen LogP contribution in [0.2, 0.25) is 0 Å². The molecule has 0 saturated carbocycles. The summed E-state index contributed by atoms with van der Waals surface area (Å²) < 4.78 is 10.8. The van der Waals surface area contributed by atoms with Gasteiger partial charge in [-0.05, 0) is 31.7 Å². The largest absolute Gasteiger partial charge is 0.461 e. The standard InChI is InChI=1S/C15H30N2O3/c1-12(2)8-14(10-16)9-15(18)20-13(3)11-17-4-6-19-7-5-17/h12-14H,4-11,16H2,1-3H3/t13?,14-/m0/s1. The highest BCUT2D eigenvalue weighted by molar-refractivity contribution is 5.69. The van der Waals surface area contributed by atoms with Crippen molar-refractivity contribution in [1.29, 1.82) is 0 Å². The Kier molecular flexibility index (Phi) is 8.11. The maximum Gasteiger partial charge on any atom is 0.306 e. The summed E-state index contributed by atoms with van der Waals surface area (Å²) >= 11 is 0. The minimum absolute atomic E-state index is 0.0712. The molecule has 1 rings (SSSR count). The van der Waals surface area contributed by atoms with Gasteiger partial charge < -0.3 is 15.2 Å². The first-order valence-corrected chi connectivity index (χ1v) is 7.71. The second-order valence-corrected chi connectivity index (χ2v) is 6.15. The lowest BCUT2D eigenvalue weighted by atomic mass is 9.94. The van der Waals surface area contributed by atoms with E-state index in [2.05, 4.69) is 18.7 Å². The zero-order chi connectivity index (χ0) is 15.0. The minimum Gasteiger partial charge on any atom is -0.461 e. The van der Waals surface area contributed by atoms with Crippen LogP contribution in [-0.2, 0) is 14.3 Å². The highest BCUT2D eigenvalue weighted by Gasteiger charge is 2.19. The fraction of sp³-hybridized carbons (Fsp3) is 0.933. The summed E-state index contributed by atoms with van der Waals surface area (Å²) in [5, 5.41) is 0. The van der Waals surface area contributed by atoms with Gasteiger partial charge in [-0.2, -0.15) is 0 Å². The first-order valence-electron chi connectivity index (χ1n) is 7.71. The van der Waals surface area contributed by atoms with E-state index in [1.54, 1.807) is 0 Å². The Morgan fingerprint density at radius 3 is 2.50 bits per heavy atom. The van der Waals surface area contributed by atoms with Crippen LogP contribution in [0.15, 0.2) is 0 Å². The molecule has 1 fully saturated rings. The molecule has 1 heterocycles. The molecular weight excluding hydrogens is 256 g/mol. The molecule has 0 aromatic rings. The third kappa shape index (κ3) is 7.22. The molecule has 2 N–H and O–H groups in total. The quantitative estimate of drug-likeness (QED) is 0.681. The number of carbonyl (C=O) groups is 1. The summed E-state index contributed by atoms with van der Waals surface area (Å²) in [4.78, 5) is 14.2. The van der Waals surface area contributed by atoms with Crippen LogP contribution in [-0.4, -0.2) is 56.4 Å². The van der Waals surface area contributed by atoms with Gasteiger partial charge in [0.25, 0.3) is 0 Å². The third-order valence-corrected chi connectivity index (χ3v) is 3.55. The molecule has 2 atom stereocenters. The molecule has 20 heavy (non-hydrogen) atoms. The predicted octanol–water partition coefficient (Wildman–Crippen LogP) is 1.26. The van der Waals surface area contributed by atoms with Crippen LogP contribution < -0.4 is 5.73 Å². The molecule has 1 unspecified atom stereocenters. The van der Waals surface area contributed by atoms with Gasteiger partial charge in [0.2, 0.25) is 0 Å². The molecule has 118 valence electrons. The molecule has 0 bridgehead atoms. The van der Waals surface area contributed by atoms with E-state index in [0.29, 0.717) is 18.9 Å². The van der Waals surface area contributed by atoms with Crippen LogP contribution in [0.1, 0.15) is 33.6 Å². The fourth-order valence-corrected chi connectivity index (χ4v) is 2.62. The average Bonchev–Trinajstić information content (AvgIpc) is 2.38. The second kappa shape index (κ2) is 9.32. The van der Waals surface area contributed by atoms with Crippen LogP contribution >= 0.6 is 0 Å². The molecule has 5 heteroatoms. The summed E-state index contributed by atoms with van der Waals surface area (Å²) in [6, 6.07) is 0. The van der Waals surface area contributed by atoms with Gasteiger partial charge >= 0.3 is 5.97 Å². The van der Waals surface area contributed by atoms with Crippen molar-refractivity contribution < 1.29 is 14.3 Å². The van der Waals surface area contributed by atoms with Crippen LogP contribution in [0.4, 0.5) is 0 Å². The second-order valence-electron chi connectivity index (χ2n) is 6.15. The van der Waals surface area contributed by atoms with Crippen molar-refractivity contribution in [3.8, 4) is 0 Å². The predicted molar refractivity (Wildman–Crippen MR) is 79.4 cm³/mol. The van der Waals surface area contributed by atoms with Gasteiger partial charge in [-0.25, -0.2) is 0 Å². The zero-order valence-electron chi connectivity index (χ0n) is 13.1. The van der Waals surface area contributed by atoms with Gasteiger partial charge in [0.05, 0.1) is 13.2 Å². The van der Waals surface area contributed by atoms with Crippen molar-refractivity contribution in [3.05, 3.63) is 0 Å². The topological polar surface area (TPSA) is 64.8 Å². The van der Waals surface area contributed by atoms with E-state index in [4.69, 9.17) is 15.2 Å². The summed E-state index contributed by atoms with van der Waals surface area (Å²) in [6.45, 7) is 10.9. The van der Waals surface area contributed by atoms with E-state index < -0.39 is 0 Å². The highest BCUT2D eigenvalue weighted by Crippen LogP contribution is 2.15. The van der Waals surface area contributed by atoms with Gasteiger partial charge in [-0.1, -0.05) is 13.8 Å². The van der Waals surface area contributed by atoms with E-state index in [9.17, 15) is 4.79 Å². The molecule has 1 aliphatic heterocycles. The number of hydrogen-bond acceptors (Lipinski definition) is 5. The van der Waals surface area contributed by atoms with Gasteiger partial charge in [0.1, 0.15) is 6.10 Å². The molecule has 0 aromatic heterocycles. The summed E-state index contributed by atoms with van der Waals surface area (Å²) in [6.07, 6.45) is 1.34. The van der Waals surface area contributed by atoms with Crippen molar-refractivity contribution in [2.75, 3.05) is 39.4 Å². The molecule has 1 saturated heterocycles. The van der Waals surface area contributed by atoms with Crippen molar-refractivity contribution in [2.45, 2.75) is 39.7 Å². The lowest BCUT2D eigenvalue weighted by Crippen LogP contribution is -2.41. The Balaban J connectivity index is 2.25. The average molecular weight is 286 g/mol. The van der Waals surface area contributed by atoms with Crippen LogP contribution in [0, 0.1) is 11.8 Å². The number of ether oxygens (including phenoxy) is 2. The van der Waals surface area contributed by atoms with E-state index in [0.717, 1.165) is 39.3 Å². The van der Waals surface area contributed by atoms with E-state index in [1.807, 2.05) is 6.92 Å². The fourth-order valence-electron chi connectivity index (χ4n) is 2.62. The monoisotopic (exact) mass is 286 g/mol. The SMILES string of the molecule is CC(C)C[C@H](CN)CC(=O)OC(C)CN1CCOCC1. The number of hydrogen-bond donors (Lipinski definition) is 1. The molecule has 0 aliphatic carbocycles. The lowest BCUT2D eigenvalue weighted by Gasteiger charge is -2.29. The first kappa shape index (κ1) is 17.4. The Labute approximate surface area is 122 Å². The molecule has 0 aromatic carbocycles. The Morgan fingerprint density at radius 2 is 1.95 bits per heavy atom. The maximum atomic E-state index is 11.9. The van der Waals surface area contributed by atoms with Crippen molar-refractivity contribution in [3.63, 3.8) is 0 Å². The van der Waals surface area contributed by atoms with Crippen LogP contribution in [0.25, 0.3) is 0 Å². The Bertz CT molecular complexity index is 278. The molecule has 1 aliphatic rings. The van der Waals surface area contributed by atoms with E-state index in [1.165, 1.54) is 0 Å². The number of rotatable bonds is 8. The number of carbonyl (C=O) groups excluding carboxylic acids is 1. The Hall–Kier alpha value is -0.650. The van der Waals surface area contributed by atoms with Gasteiger partial charge in [0.15, 0.2) is 0 Å². The molecule has 0 spiro atoms. The number of esters is 1. The van der Waals surface area contributed by atoms with E-state index in [-0.39, 0.29) is 18.0 Å². The minimum atomic E-state index is -0.123. The number of morpholine rings is 1. The lowest BCUT2D eigenvalue weighted by molar-refractivity contribution is -0.150. The van der Waals surface area contributed by atoms with Gasteiger partial charge in [0, 0.05) is 26.1 Å². The smallest absolute Gasteiger partial charge is 0.306 e. The molecule has 0 radical (unpaired) electrons. The van der Waals surface area contributed by atoms with Gasteiger partial charge in [-0.3, -0.25) is 9.69 Å². The van der Waals surface area contributed by atoms with Crippen molar-refractivity contribution in [2.24, 2.45) is 17.6 Å². The van der Waals surface area contributed by atoms with Crippen molar-refractivity contribution in [1.82, 2.24) is 4.90 Å². The molecule has 0 amide bonds. The third-order valence-electron chi connectivity index (χ3n) is 3.55. The summed E-state index contributed by atoms with van der Waals surface area (Å²) in [7, 11) is 0. The highest BCUT2D eigenvalue weighted by atomic mass is 16.5. The first-order chi connectivity index (χ1) is 9.51. The summed E-state index contributed by atoms with van der Waals surface area (Å²) in [5.74, 6) is 0.669. The van der Waals surface area contributed by atoms with E-state index >= 15 is 0 Å². The number of nitrogens with two attached hydrogens (primary N) is 1. The summed E-state index contributed by atoms with van der Waals surface area (Å²) in [5.41, 5.74) is 5.72. The maximum absolute atomic E-state index is 11.9. The molecular formula is C15H30N2O3.